The third kappa shape index (κ3) is 4.96. The molecule has 0 atom stereocenters. The lowest BCUT2D eigenvalue weighted by molar-refractivity contribution is -0.130. The molecule has 2 aromatic rings. The van der Waals surface area contributed by atoms with E-state index in [0.29, 0.717) is 39.6 Å². The van der Waals surface area contributed by atoms with Crippen LogP contribution in [0.1, 0.15) is 30.9 Å². The second-order valence-electron chi connectivity index (χ2n) is 6.42. The lowest BCUT2D eigenvalue weighted by atomic mass is 10.00. The highest BCUT2D eigenvalue weighted by atomic mass is 35.5. The summed E-state index contributed by atoms with van der Waals surface area (Å²) < 4.78 is 11.6. The molecule has 2 aromatic carbocycles. The van der Waals surface area contributed by atoms with Crippen LogP contribution >= 0.6 is 23.2 Å². The number of hydrogen-bond donors (Lipinski definition) is 1. The van der Waals surface area contributed by atoms with E-state index in [0.717, 1.165) is 5.56 Å². The van der Waals surface area contributed by atoms with Crippen molar-refractivity contribution in [2.45, 2.75) is 26.4 Å². The minimum absolute atomic E-state index is 0.171. The van der Waals surface area contributed by atoms with Gasteiger partial charge in [-0.25, -0.2) is 4.79 Å². The summed E-state index contributed by atoms with van der Waals surface area (Å²) in [4.78, 5) is 11.5. The summed E-state index contributed by atoms with van der Waals surface area (Å²) in [6.45, 7) is 2.50. The Balaban J connectivity index is 1.78. The molecule has 1 saturated carbocycles. The van der Waals surface area contributed by atoms with Gasteiger partial charge in [0.1, 0.15) is 18.1 Å². The SMILES string of the molecule is C/C=C(/C(=O)O)c1ccccc1COc1cc(OCC2CC2)c(Cl)cc1Cl. The number of hydrogen-bond acceptors (Lipinski definition) is 3. The zero-order chi connectivity index (χ0) is 19.4. The van der Waals surface area contributed by atoms with Crippen molar-refractivity contribution >= 4 is 34.7 Å². The van der Waals surface area contributed by atoms with Crippen molar-refractivity contribution in [1.82, 2.24) is 0 Å². The van der Waals surface area contributed by atoms with Crippen LogP contribution in [0.3, 0.4) is 0 Å². The molecule has 0 radical (unpaired) electrons. The lowest BCUT2D eigenvalue weighted by Gasteiger charge is -2.14. The molecule has 0 aromatic heterocycles. The van der Waals surface area contributed by atoms with Crippen LogP contribution in [0.2, 0.25) is 10.0 Å². The normalized spacial score (nSPS) is 14.1. The maximum absolute atomic E-state index is 11.5. The largest absolute Gasteiger partial charge is 0.492 e. The molecule has 0 heterocycles. The molecular formula is C21H20Cl2O4. The molecule has 0 aliphatic heterocycles. The van der Waals surface area contributed by atoms with E-state index in [2.05, 4.69) is 0 Å². The van der Waals surface area contributed by atoms with Crippen LogP contribution in [0.4, 0.5) is 0 Å². The number of carbonyl (C=O) groups is 1. The molecule has 1 N–H and O–H groups in total. The smallest absolute Gasteiger partial charge is 0.335 e. The van der Waals surface area contributed by atoms with Gasteiger partial charge in [-0.1, -0.05) is 53.5 Å². The fourth-order valence-corrected chi connectivity index (χ4v) is 3.17. The molecule has 6 heteroatoms. The van der Waals surface area contributed by atoms with Gasteiger partial charge in [-0.05, 0) is 42.9 Å². The molecule has 4 nitrogen and oxygen atoms in total. The minimum atomic E-state index is -0.981. The second kappa shape index (κ2) is 8.68. The monoisotopic (exact) mass is 406 g/mol. The first-order chi connectivity index (χ1) is 13.0. The Bertz CT molecular complexity index is 872. The Kier molecular flexibility index (Phi) is 6.30. The van der Waals surface area contributed by atoms with E-state index < -0.39 is 5.97 Å². The quantitative estimate of drug-likeness (QED) is 0.558. The molecule has 0 saturated heterocycles. The van der Waals surface area contributed by atoms with Gasteiger partial charge in [0, 0.05) is 6.07 Å². The van der Waals surface area contributed by atoms with E-state index in [4.69, 9.17) is 32.7 Å². The third-order valence-electron chi connectivity index (χ3n) is 4.37. The van der Waals surface area contributed by atoms with Crippen LogP contribution in [0.15, 0.2) is 42.5 Å². The summed E-state index contributed by atoms with van der Waals surface area (Å²) >= 11 is 12.5. The molecule has 0 unspecified atom stereocenters. The molecule has 0 spiro atoms. The highest BCUT2D eigenvalue weighted by molar-refractivity contribution is 6.36. The Labute approximate surface area is 168 Å². The summed E-state index contributed by atoms with van der Waals surface area (Å²) in [6, 6.07) is 10.5. The number of carboxylic acid groups (broad SMARTS) is 1. The summed E-state index contributed by atoms with van der Waals surface area (Å²) in [6.07, 6.45) is 3.94. The molecule has 3 rings (SSSR count). The molecule has 0 bridgehead atoms. The molecule has 0 amide bonds. The zero-order valence-corrected chi connectivity index (χ0v) is 16.4. The predicted octanol–water partition coefficient (Wildman–Crippen LogP) is 5.85. The van der Waals surface area contributed by atoms with Gasteiger partial charge in [-0.3, -0.25) is 0 Å². The lowest BCUT2D eigenvalue weighted by Crippen LogP contribution is -2.06. The molecule has 1 aliphatic rings. The van der Waals surface area contributed by atoms with Gasteiger partial charge in [0.15, 0.2) is 0 Å². The van der Waals surface area contributed by atoms with Crippen molar-refractivity contribution in [3.05, 3.63) is 63.6 Å². The van der Waals surface area contributed by atoms with Gasteiger partial charge in [-0.15, -0.1) is 0 Å². The van der Waals surface area contributed by atoms with E-state index >= 15 is 0 Å². The molecule has 27 heavy (non-hydrogen) atoms. The standard InChI is InChI=1S/C21H20Cl2O4/c1-2-15(21(24)25)16-6-4-3-5-14(16)12-27-20-10-19(17(22)9-18(20)23)26-11-13-7-8-13/h2-6,9-10,13H,7-8,11-12H2,1H3,(H,24,25)/b15-2+. The van der Waals surface area contributed by atoms with Crippen molar-refractivity contribution in [2.24, 2.45) is 5.92 Å². The van der Waals surface area contributed by atoms with Crippen molar-refractivity contribution in [1.29, 1.82) is 0 Å². The number of aliphatic carboxylic acids is 1. The summed E-state index contributed by atoms with van der Waals surface area (Å²) in [7, 11) is 0. The molecule has 1 fully saturated rings. The topological polar surface area (TPSA) is 55.8 Å². The Morgan fingerprint density at radius 2 is 1.81 bits per heavy atom. The fourth-order valence-electron chi connectivity index (χ4n) is 2.68. The maximum Gasteiger partial charge on any atom is 0.335 e. The summed E-state index contributed by atoms with van der Waals surface area (Å²) in [5, 5.41) is 10.2. The second-order valence-corrected chi connectivity index (χ2v) is 7.24. The summed E-state index contributed by atoms with van der Waals surface area (Å²) in [5.74, 6) is 0.600. The van der Waals surface area contributed by atoms with Gasteiger partial charge in [0.25, 0.3) is 0 Å². The van der Waals surface area contributed by atoms with E-state index in [1.807, 2.05) is 12.1 Å². The first-order valence-electron chi connectivity index (χ1n) is 8.72. The van der Waals surface area contributed by atoms with Crippen molar-refractivity contribution in [2.75, 3.05) is 6.61 Å². The van der Waals surface area contributed by atoms with Crippen LogP contribution in [0.5, 0.6) is 11.5 Å². The number of rotatable bonds is 8. The van der Waals surface area contributed by atoms with Crippen molar-refractivity contribution in [3.8, 4) is 11.5 Å². The van der Waals surface area contributed by atoms with Crippen molar-refractivity contribution < 1.29 is 19.4 Å². The van der Waals surface area contributed by atoms with E-state index in [1.54, 1.807) is 37.3 Å². The first-order valence-corrected chi connectivity index (χ1v) is 9.47. The van der Waals surface area contributed by atoms with Gasteiger partial charge in [-0.2, -0.15) is 0 Å². The fraction of sp³-hybridized carbons (Fsp3) is 0.286. The Morgan fingerprint density at radius 3 is 2.44 bits per heavy atom. The highest BCUT2D eigenvalue weighted by Gasteiger charge is 2.23. The number of allylic oxidation sites excluding steroid dienone is 1. The van der Waals surface area contributed by atoms with Crippen LogP contribution in [-0.4, -0.2) is 17.7 Å². The number of ether oxygens (including phenoxy) is 2. The van der Waals surface area contributed by atoms with Crippen LogP contribution < -0.4 is 9.47 Å². The number of halogens is 2. The van der Waals surface area contributed by atoms with Crippen LogP contribution in [0, 0.1) is 5.92 Å². The van der Waals surface area contributed by atoms with Gasteiger partial charge in [0.2, 0.25) is 0 Å². The molecular weight excluding hydrogens is 387 g/mol. The van der Waals surface area contributed by atoms with Crippen LogP contribution in [0.25, 0.3) is 5.57 Å². The molecule has 142 valence electrons. The van der Waals surface area contributed by atoms with Crippen LogP contribution in [-0.2, 0) is 11.4 Å². The van der Waals surface area contributed by atoms with Gasteiger partial charge in [0.05, 0.1) is 22.2 Å². The maximum atomic E-state index is 11.5. The Hall–Kier alpha value is -2.17. The zero-order valence-electron chi connectivity index (χ0n) is 14.9. The average molecular weight is 407 g/mol. The minimum Gasteiger partial charge on any atom is -0.492 e. The predicted molar refractivity (Wildman–Crippen MR) is 107 cm³/mol. The first kappa shape index (κ1) is 19.6. The van der Waals surface area contributed by atoms with Crippen molar-refractivity contribution in [3.63, 3.8) is 0 Å². The highest BCUT2D eigenvalue weighted by Crippen LogP contribution is 2.38. The third-order valence-corrected chi connectivity index (χ3v) is 4.96. The summed E-state index contributed by atoms with van der Waals surface area (Å²) in [5.41, 5.74) is 1.59. The molecule has 1 aliphatic carbocycles. The number of carboxylic acids is 1. The van der Waals surface area contributed by atoms with E-state index in [1.165, 1.54) is 12.8 Å². The van der Waals surface area contributed by atoms with E-state index in [-0.39, 0.29) is 12.2 Å². The van der Waals surface area contributed by atoms with Gasteiger partial charge >= 0.3 is 5.97 Å². The Morgan fingerprint density at radius 1 is 1.15 bits per heavy atom. The number of benzene rings is 2. The average Bonchev–Trinajstić information content (AvgIpc) is 3.46. The van der Waals surface area contributed by atoms with E-state index in [9.17, 15) is 9.90 Å². The van der Waals surface area contributed by atoms with Gasteiger partial charge < -0.3 is 14.6 Å².